The van der Waals surface area contributed by atoms with Crippen molar-refractivity contribution in [3.63, 3.8) is 0 Å². The van der Waals surface area contributed by atoms with Crippen molar-refractivity contribution in [1.82, 2.24) is 24.6 Å². The fraction of sp³-hybridized carbons (Fsp3) is 0.471. The molecule has 2 unspecified atom stereocenters. The Morgan fingerprint density at radius 3 is 2.54 bits per heavy atom. The van der Waals surface area contributed by atoms with Crippen LogP contribution in [-0.4, -0.2) is 68.9 Å². The average molecular weight is 343 g/mol. The second kappa shape index (κ2) is 6.31. The van der Waals surface area contributed by atoms with Gasteiger partial charge in [0.25, 0.3) is 5.91 Å². The molecule has 7 heteroatoms. The molecule has 1 aromatic carbocycles. The smallest absolute Gasteiger partial charge is 0.264 e. The highest BCUT2D eigenvalue weighted by molar-refractivity contribution is 8.00. The number of aryl methyl sites for hydroxylation is 1. The van der Waals surface area contributed by atoms with E-state index >= 15 is 0 Å². The molecular weight excluding hydrogens is 322 g/mol. The third-order valence-electron chi connectivity index (χ3n) is 4.84. The third kappa shape index (κ3) is 2.76. The Kier molecular flexibility index (Phi) is 4.15. The van der Waals surface area contributed by atoms with E-state index in [-0.39, 0.29) is 17.2 Å². The lowest BCUT2D eigenvalue weighted by Gasteiger charge is -2.39. The van der Waals surface area contributed by atoms with Gasteiger partial charge in [-0.25, -0.2) is 4.98 Å². The normalized spacial score (nSPS) is 23.4. The molecule has 1 fully saturated rings. The molecule has 4 rings (SSSR count). The number of hydrogen-bond acceptors (Lipinski definition) is 6. The first-order valence-corrected chi connectivity index (χ1v) is 9.11. The van der Waals surface area contributed by atoms with Gasteiger partial charge in [0.1, 0.15) is 11.6 Å². The van der Waals surface area contributed by atoms with Gasteiger partial charge < -0.3 is 4.90 Å². The van der Waals surface area contributed by atoms with Crippen LogP contribution in [0.3, 0.4) is 0 Å². The summed E-state index contributed by atoms with van der Waals surface area (Å²) in [6.45, 7) is 6.07. The van der Waals surface area contributed by atoms with Crippen molar-refractivity contribution in [3.05, 3.63) is 41.7 Å². The maximum Gasteiger partial charge on any atom is 0.264 e. The van der Waals surface area contributed by atoms with E-state index in [1.165, 1.54) is 33.9 Å². The molecule has 2 aliphatic rings. The van der Waals surface area contributed by atoms with Gasteiger partial charge in [0.15, 0.2) is 5.16 Å². The zero-order valence-corrected chi connectivity index (χ0v) is 14.7. The van der Waals surface area contributed by atoms with Crippen LogP contribution in [0.1, 0.15) is 22.0 Å². The lowest BCUT2D eigenvalue weighted by Crippen LogP contribution is -2.49. The van der Waals surface area contributed by atoms with E-state index in [4.69, 9.17) is 0 Å². The number of nitrogens with zero attached hydrogens (tertiary/aromatic N) is 5. The van der Waals surface area contributed by atoms with Crippen LogP contribution in [0.5, 0.6) is 0 Å². The topological polar surface area (TPSA) is 54.3 Å². The van der Waals surface area contributed by atoms with Crippen LogP contribution in [0.15, 0.2) is 35.7 Å². The second-order valence-corrected chi connectivity index (χ2v) is 7.63. The molecule has 0 radical (unpaired) electrons. The molecule has 24 heavy (non-hydrogen) atoms. The molecular formula is C17H21N5OS. The molecule has 0 spiro atoms. The standard InChI is InChI=1S/C17H21N5OS/c1-12-3-5-13(6-4-12)14(21-9-7-20(2)8-10-21)15-16(23)22-17(24-15)18-11-19-22/h3-6,11,14-15H,7-10H2,1-2H3. The summed E-state index contributed by atoms with van der Waals surface area (Å²) in [4.78, 5) is 21.8. The van der Waals surface area contributed by atoms with Crippen LogP contribution < -0.4 is 0 Å². The average Bonchev–Trinajstić information content (AvgIpc) is 3.15. The Hall–Kier alpha value is -1.70. The number of aromatic nitrogens is 3. The van der Waals surface area contributed by atoms with Gasteiger partial charge in [-0.3, -0.25) is 9.69 Å². The first-order chi connectivity index (χ1) is 11.6. The monoisotopic (exact) mass is 343 g/mol. The maximum atomic E-state index is 12.8. The molecule has 1 saturated heterocycles. The van der Waals surface area contributed by atoms with Crippen molar-refractivity contribution in [2.75, 3.05) is 33.2 Å². The quantitative estimate of drug-likeness (QED) is 0.845. The van der Waals surface area contributed by atoms with Gasteiger partial charge in [0, 0.05) is 26.2 Å². The Morgan fingerprint density at radius 1 is 1.17 bits per heavy atom. The molecule has 2 aliphatic heterocycles. The number of carbonyl (C=O) groups excluding carboxylic acids is 1. The highest BCUT2D eigenvalue weighted by Crippen LogP contribution is 2.40. The summed E-state index contributed by atoms with van der Waals surface area (Å²) < 4.78 is 1.45. The minimum Gasteiger partial charge on any atom is -0.304 e. The van der Waals surface area contributed by atoms with Crippen LogP contribution in [0, 0.1) is 6.92 Å². The largest absolute Gasteiger partial charge is 0.304 e. The van der Waals surface area contributed by atoms with Gasteiger partial charge in [0.05, 0.1) is 6.04 Å². The fourth-order valence-electron chi connectivity index (χ4n) is 3.39. The lowest BCUT2D eigenvalue weighted by molar-refractivity contribution is 0.0767. The van der Waals surface area contributed by atoms with E-state index < -0.39 is 0 Å². The first-order valence-electron chi connectivity index (χ1n) is 8.23. The predicted octanol–water partition coefficient (Wildman–Crippen LogP) is 1.69. The van der Waals surface area contributed by atoms with E-state index in [2.05, 4.69) is 58.1 Å². The summed E-state index contributed by atoms with van der Waals surface area (Å²) in [7, 11) is 2.15. The van der Waals surface area contributed by atoms with Gasteiger partial charge in [-0.2, -0.15) is 9.78 Å². The van der Waals surface area contributed by atoms with Gasteiger partial charge >= 0.3 is 0 Å². The number of piperazine rings is 1. The lowest BCUT2D eigenvalue weighted by atomic mass is 9.99. The van der Waals surface area contributed by atoms with Crippen LogP contribution >= 0.6 is 11.8 Å². The molecule has 0 N–H and O–H groups in total. The number of fused-ring (bicyclic) bond motifs is 1. The summed E-state index contributed by atoms with van der Waals surface area (Å²) in [5, 5.41) is 4.60. The second-order valence-electron chi connectivity index (χ2n) is 6.53. The van der Waals surface area contributed by atoms with Gasteiger partial charge in [0.2, 0.25) is 0 Å². The van der Waals surface area contributed by atoms with Crippen molar-refractivity contribution in [2.24, 2.45) is 0 Å². The van der Waals surface area contributed by atoms with E-state index in [1.807, 2.05) is 0 Å². The van der Waals surface area contributed by atoms with E-state index in [0.717, 1.165) is 26.2 Å². The number of rotatable bonds is 3. The minimum absolute atomic E-state index is 0.0389. The number of benzene rings is 1. The van der Waals surface area contributed by atoms with Crippen molar-refractivity contribution < 1.29 is 4.79 Å². The minimum atomic E-state index is -0.188. The molecule has 0 aliphatic carbocycles. The molecule has 126 valence electrons. The molecule has 0 amide bonds. The number of likely N-dealkylation sites (N-methyl/N-ethyl adjacent to an activating group) is 1. The van der Waals surface area contributed by atoms with E-state index in [9.17, 15) is 4.79 Å². The molecule has 1 aromatic heterocycles. The Labute approximate surface area is 145 Å². The van der Waals surface area contributed by atoms with Crippen LogP contribution in [0.25, 0.3) is 0 Å². The SMILES string of the molecule is Cc1ccc(C(C2Sc3ncnn3C2=O)N2CCN(C)CC2)cc1. The fourth-order valence-corrected chi connectivity index (χ4v) is 4.62. The van der Waals surface area contributed by atoms with Crippen LogP contribution in [-0.2, 0) is 0 Å². The highest BCUT2D eigenvalue weighted by Gasteiger charge is 2.42. The summed E-state index contributed by atoms with van der Waals surface area (Å²) >= 11 is 1.54. The maximum absolute atomic E-state index is 12.8. The van der Waals surface area contributed by atoms with Gasteiger partial charge in [-0.15, -0.1) is 0 Å². The van der Waals surface area contributed by atoms with Gasteiger partial charge in [-0.1, -0.05) is 41.6 Å². The third-order valence-corrected chi connectivity index (χ3v) is 6.04. The zero-order chi connectivity index (χ0) is 16.7. The van der Waals surface area contributed by atoms with Crippen molar-refractivity contribution in [1.29, 1.82) is 0 Å². The summed E-state index contributed by atoms with van der Waals surface area (Å²) in [6, 6.07) is 8.61. The predicted molar refractivity (Wildman–Crippen MR) is 93.3 cm³/mol. The van der Waals surface area contributed by atoms with Gasteiger partial charge in [-0.05, 0) is 19.5 Å². The summed E-state index contributed by atoms with van der Waals surface area (Å²) in [5.74, 6) is 0.0389. The van der Waals surface area contributed by atoms with Crippen LogP contribution in [0.2, 0.25) is 0 Å². The summed E-state index contributed by atoms with van der Waals surface area (Å²) in [6.07, 6.45) is 1.45. The van der Waals surface area contributed by atoms with Crippen LogP contribution in [0.4, 0.5) is 0 Å². The molecule has 0 bridgehead atoms. The molecule has 3 heterocycles. The number of hydrogen-bond donors (Lipinski definition) is 0. The highest BCUT2D eigenvalue weighted by atomic mass is 32.2. The molecule has 6 nitrogen and oxygen atoms in total. The van der Waals surface area contributed by atoms with E-state index in [0.29, 0.717) is 5.16 Å². The van der Waals surface area contributed by atoms with E-state index in [1.54, 1.807) is 0 Å². The molecule has 2 atom stereocenters. The van der Waals surface area contributed by atoms with Crippen molar-refractivity contribution in [2.45, 2.75) is 23.4 Å². The van der Waals surface area contributed by atoms with Crippen molar-refractivity contribution >= 4 is 17.7 Å². The Balaban J connectivity index is 1.67. The number of carbonyl (C=O) groups is 1. The summed E-state index contributed by atoms with van der Waals surface area (Å²) in [5.41, 5.74) is 2.43. The Bertz CT molecular complexity index is 736. The molecule has 0 saturated carbocycles. The number of thioether (sulfide) groups is 1. The van der Waals surface area contributed by atoms with Crippen molar-refractivity contribution in [3.8, 4) is 0 Å². The zero-order valence-electron chi connectivity index (χ0n) is 13.9. The Morgan fingerprint density at radius 2 is 1.88 bits per heavy atom. The molecule has 2 aromatic rings. The first kappa shape index (κ1) is 15.8.